The van der Waals surface area contributed by atoms with Gasteiger partial charge in [-0.15, -0.1) is 6.42 Å². The van der Waals surface area contributed by atoms with Crippen LogP contribution in [0.2, 0.25) is 0 Å². The lowest BCUT2D eigenvalue weighted by atomic mass is 10.2. The van der Waals surface area contributed by atoms with Crippen LogP contribution in [0.15, 0.2) is 34.7 Å². The van der Waals surface area contributed by atoms with Gasteiger partial charge in [0.25, 0.3) is 5.78 Å². The molecule has 2 nitrogen and oxygen atoms in total. The predicted molar refractivity (Wildman–Crippen MR) is 49.4 cm³/mol. The fourth-order valence-corrected chi connectivity index (χ4v) is 1.16. The van der Waals surface area contributed by atoms with Crippen LogP contribution in [0.4, 0.5) is 0 Å². The Bertz CT molecular complexity index is 467. The lowest BCUT2D eigenvalue weighted by Gasteiger charge is -1.83. The Morgan fingerprint density at radius 2 is 2.15 bits per heavy atom. The van der Waals surface area contributed by atoms with Gasteiger partial charge in [-0.2, -0.15) is 0 Å². The third-order valence-electron chi connectivity index (χ3n) is 1.78. The Morgan fingerprint density at radius 1 is 1.38 bits per heavy atom. The van der Waals surface area contributed by atoms with E-state index in [2.05, 4.69) is 0 Å². The summed E-state index contributed by atoms with van der Waals surface area (Å²) in [5.74, 6) is 1.81. The van der Waals surface area contributed by atoms with Crippen LogP contribution in [0.3, 0.4) is 0 Å². The van der Waals surface area contributed by atoms with Crippen molar-refractivity contribution < 1.29 is 9.21 Å². The van der Waals surface area contributed by atoms with Crippen molar-refractivity contribution in [1.29, 1.82) is 0 Å². The van der Waals surface area contributed by atoms with Gasteiger partial charge in [-0.3, -0.25) is 4.79 Å². The summed E-state index contributed by atoms with van der Waals surface area (Å²) in [5.41, 5.74) is 0.682. The monoisotopic (exact) mass is 170 g/mol. The molecule has 1 aromatic carbocycles. The average molecular weight is 170 g/mol. The topological polar surface area (TPSA) is 30.2 Å². The second-order valence-corrected chi connectivity index (χ2v) is 2.62. The SMILES string of the molecule is C#CC(=O)c1cc2ccccc2o1. The second kappa shape index (κ2) is 2.80. The van der Waals surface area contributed by atoms with Gasteiger partial charge >= 0.3 is 0 Å². The molecule has 0 amide bonds. The highest BCUT2D eigenvalue weighted by Gasteiger charge is 2.08. The summed E-state index contributed by atoms with van der Waals surface area (Å²) in [5, 5.41) is 0.890. The van der Waals surface area contributed by atoms with Crippen LogP contribution in [0.1, 0.15) is 10.6 Å². The number of rotatable bonds is 1. The molecule has 0 atom stereocenters. The highest BCUT2D eigenvalue weighted by molar-refractivity contribution is 6.08. The maximum absolute atomic E-state index is 11.1. The van der Waals surface area contributed by atoms with Crippen LogP contribution in [-0.4, -0.2) is 5.78 Å². The van der Waals surface area contributed by atoms with Crippen molar-refractivity contribution in [3.05, 3.63) is 36.1 Å². The van der Waals surface area contributed by atoms with Gasteiger partial charge in [0, 0.05) is 5.39 Å². The summed E-state index contributed by atoms with van der Waals surface area (Å²) in [4.78, 5) is 11.1. The van der Waals surface area contributed by atoms with Crippen molar-refractivity contribution >= 4 is 16.8 Å². The van der Waals surface area contributed by atoms with Gasteiger partial charge in [0.05, 0.1) is 0 Å². The van der Waals surface area contributed by atoms with Crippen molar-refractivity contribution in [2.24, 2.45) is 0 Å². The summed E-state index contributed by atoms with van der Waals surface area (Å²) >= 11 is 0. The molecule has 0 saturated heterocycles. The smallest absolute Gasteiger partial charge is 0.270 e. The molecule has 0 aliphatic carbocycles. The van der Waals surface area contributed by atoms with Crippen LogP contribution >= 0.6 is 0 Å². The van der Waals surface area contributed by atoms with E-state index in [0.29, 0.717) is 5.58 Å². The van der Waals surface area contributed by atoms with E-state index in [1.54, 1.807) is 12.1 Å². The van der Waals surface area contributed by atoms with Crippen LogP contribution < -0.4 is 0 Å². The first kappa shape index (κ1) is 7.63. The van der Waals surface area contributed by atoms with Crippen molar-refractivity contribution in [1.82, 2.24) is 0 Å². The summed E-state index contributed by atoms with van der Waals surface area (Å²) in [6.45, 7) is 0. The number of fused-ring (bicyclic) bond motifs is 1. The van der Waals surface area contributed by atoms with Gasteiger partial charge in [-0.25, -0.2) is 0 Å². The summed E-state index contributed by atoms with van der Waals surface area (Å²) < 4.78 is 5.23. The number of hydrogen-bond donors (Lipinski definition) is 0. The van der Waals surface area contributed by atoms with Crippen LogP contribution in [0.25, 0.3) is 11.0 Å². The molecule has 0 spiro atoms. The Labute approximate surface area is 75.2 Å². The summed E-state index contributed by atoms with van der Waals surface area (Å²) in [6, 6.07) is 9.03. The Kier molecular flexibility index (Phi) is 1.64. The number of carbonyl (C=O) groups is 1. The number of ketones is 1. The number of hydrogen-bond acceptors (Lipinski definition) is 2. The molecule has 2 aromatic rings. The first-order valence-corrected chi connectivity index (χ1v) is 3.81. The van der Waals surface area contributed by atoms with E-state index in [1.165, 1.54) is 0 Å². The van der Waals surface area contributed by atoms with Gasteiger partial charge in [0.1, 0.15) is 5.58 Å². The zero-order valence-electron chi connectivity index (χ0n) is 6.78. The number of terminal acetylenes is 1. The number of Topliss-reactive ketones (excluding diaryl/α,β-unsaturated/α-hetero) is 1. The standard InChI is InChI=1S/C11H6O2/c1-2-9(12)11-7-8-5-3-4-6-10(8)13-11/h1,3-7H. The highest BCUT2D eigenvalue weighted by Crippen LogP contribution is 2.18. The zero-order chi connectivity index (χ0) is 9.26. The minimum atomic E-state index is -0.420. The average Bonchev–Trinajstić information content (AvgIpc) is 2.59. The van der Waals surface area contributed by atoms with E-state index in [4.69, 9.17) is 10.8 Å². The Balaban J connectivity index is 2.64. The lowest BCUT2D eigenvalue weighted by Crippen LogP contribution is -1.89. The highest BCUT2D eigenvalue weighted by atomic mass is 16.3. The molecule has 0 radical (unpaired) electrons. The van der Waals surface area contributed by atoms with E-state index < -0.39 is 5.78 Å². The van der Waals surface area contributed by atoms with Gasteiger partial charge in [0.15, 0.2) is 5.76 Å². The van der Waals surface area contributed by atoms with Gasteiger partial charge in [-0.05, 0) is 18.1 Å². The fraction of sp³-hybridized carbons (Fsp3) is 0. The molecule has 2 rings (SSSR count). The zero-order valence-corrected chi connectivity index (χ0v) is 6.78. The van der Waals surface area contributed by atoms with E-state index >= 15 is 0 Å². The first-order chi connectivity index (χ1) is 6.31. The Hall–Kier alpha value is -2.01. The third-order valence-corrected chi connectivity index (χ3v) is 1.78. The number of furan rings is 1. The number of carbonyl (C=O) groups excluding carboxylic acids is 1. The summed E-state index contributed by atoms with van der Waals surface area (Å²) in [6.07, 6.45) is 4.97. The molecule has 0 saturated carbocycles. The van der Waals surface area contributed by atoms with Crippen molar-refractivity contribution in [3.8, 4) is 12.3 Å². The van der Waals surface area contributed by atoms with E-state index in [9.17, 15) is 4.79 Å². The molecule has 2 heteroatoms. The van der Waals surface area contributed by atoms with Crippen molar-refractivity contribution in [2.45, 2.75) is 0 Å². The molecule has 13 heavy (non-hydrogen) atoms. The maximum atomic E-state index is 11.1. The quantitative estimate of drug-likeness (QED) is 0.373. The number of para-hydroxylation sites is 1. The molecule has 0 bridgehead atoms. The largest absolute Gasteiger partial charge is 0.452 e. The minimum absolute atomic E-state index is 0.226. The van der Waals surface area contributed by atoms with Gasteiger partial charge < -0.3 is 4.42 Å². The fourth-order valence-electron chi connectivity index (χ4n) is 1.16. The van der Waals surface area contributed by atoms with Gasteiger partial charge in [0.2, 0.25) is 0 Å². The van der Waals surface area contributed by atoms with Crippen LogP contribution in [0.5, 0.6) is 0 Å². The van der Waals surface area contributed by atoms with Crippen molar-refractivity contribution in [3.63, 3.8) is 0 Å². The number of benzene rings is 1. The molecule has 0 aliphatic rings. The molecule has 62 valence electrons. The minimum Gasteiger partial charge on any atom is -0.452 e. The molecular weight excluding hydrogens is 164 g/mol. The second-order valence-electron chi connectivity index (χ2n) is 2.62. The lowest BCUT2D eigenvalue weighted by molar-refractivity contribution is 0.103. The molecule has 0 fully saturated rings. The molecule has 0 aliphatic heterocycles. The summed E-state index contributed by atoms with van der Waals surface area (Å²) in [7, 11) is 0. The van der Waals surface area contributed by atoms with Crippen molar-refractivity contribution in [2.75, 3.05) is 0 Å². The van der Waals surface area contributed by atoms with Crippen LogP contribution in [-0.2, 0) is 0 Å². The molecule has 1 heterocycles. The maximum Gasteiger partial charge on any atom is 0.270 e. The first-order valence-electron chi connectivity index (χ1n) is 3.81. The van der Waals surface area contributed by atoms with E-state index in [1.807, 2.05) is 24.1 Å². The Morgan fingerprint density at radius 3 is 2.85 bits per heavy atom. The van der Waals surface area contributed by atoms with Gasteiger partial charge in [-0.1, -0.05) is 18.2 Å². The third kappa shape index (κ3) is 1.21. The molecular formula is C11H6O2. The molecule has 0 unspecified atom stereocenters. The predicted octanol–water partition coefficient (Wildman–Crippen LogP) is 2.25. The van der Waals surface area contributed by atoms with E-state index in [-0.39, 0.29) is 5.76 Å². The molecule has 1 aromatic heterocycles. The molecule has 0 N–H and O–H groups in total. The normalized spacial score (nSPS) is 9.77. The van der Waals surface area contributed by atoms with Crippen LogP contribution in [0, 0.1) is 12.3 Å². The van der Waals surface area contributed by atoms with E-state index in [0.717, 1.165) is 5.39 Å².